The zero-order chi connectivity index (χ0) is 20.5. The molecule has 3 heterocycles. The smallest absolute Gasteiger partial charge is 0.280 e. The number of nitrogens with two attached hydrogens (primary N) is 1. The molecule has 1 aliphatic heterocycles. The van der Waals surface area contributed by atoms with E-state index in [1.807, 2.05) is 0 Å². The lowest BCUT2D eigenvalue weighted by Crippen LogP contribution is -2.24. The largest absolute Gasteiger partial charge is 0.394 e. The Morgan fingerprint density at radius 1 is 1.34 bits per heavy atom. The highest BCUT2D eigenvalue weighted by molar-refractivity contribution is 5.77. The number of aromatic nitrogens is 4. The number of nitrogens with zero attached hydrogens (tertiary/aromatic N) is 4. The first-order valence-corrected chi connectivity index (χ1v) is 8.90. The van der Waals surface area contributed by atoms with Gasteiger partial charge in [-0.15, -0.1) is 0 Å². The minimum absolute atomic E-state index is 0.0662. The molecular formula is C19H18N6O4. The van der Waals surface area contributed by atoms with E-state index < -0.39 is 24.0 Å². The highest BCUT2D eigenvalue weighted by Gasteiger charge is 2.36. The van der Waals surface area contributed by atoms with Gasteiger partial charge in [0.2, 0.25) is 5.95 Å². The van der Waals surface area contributed by atoms with E-state index in [0.717, 1.165) is 5.56 Å². The second kappa shape index (κ2) is 7.48. The van der Waals surface area contributed by atoms with Crippen LogP contribution in [0.25, 0.3) is 23.3 Å². The van der Waals surface area contributed by atoms with Gasteiger partial charge in [-0.2, -0.15) is 10.2 Å². The van der Waals surface area contributed by atoms with Crippen molar-refractivity contribution in [3.05, 3.63) is 51.6 Å². The predicted molar refractivity (Wildman–Crippen MR) is 104 cm³/mol. The number of H-pyrrole nitrogens is 1. The summed E-state index contributed by atoms with van der Waals surface area (Å²) < 4.78 is 7.32. The topological polar surface area (TPSA) is 163 Å². The van der Waals surface area contributed by atoms with E-state index in [1.54, 1.807) is 41.0 Å². The lowest BCUT2D eigenvalue weighted by atomic mass is 10.1. The van der Waals surface area contributed by atoms with Crippen LogP contribution in [0, 0.1) is 11.3 Å². The fourth-order valence-electron chi connectivity index (χ4n) is 3.30. The van der Waals surface area contributed by atoms with Gasteiger partial charge in [0.1, 0.15) is 18.2 Å². The minimum atomic E-state index is -0.864. The summed E-state index contributed by atoms with van der Waals surface area (Å²) in [4.78, 5) is 23.2. The molecule has 1 saturated heterocycles. The number of anilines is 1. The standard InChI is InChI=1S/C19H18N6O4/c20-8-11-3-1-10(2-4-11)5-6-14-22-16-17(23-19(21)24-18(16)28)25(14)15-7-12(27)13(9-26)29-15/h1-6,12-13,15,26-27H,7,9H2,(H3,21,23,24,28)/b6-5+/t12-,13+,15+/m0/s1. The SMILES string of the molecule is N#Cc1ccc(/C=C/c2nc3c(=O)[nH]c(N)nc3n2[C@H]2C[C@H](O)[C@@H](CO)O2)cc1. The van der Waals surface area contributed by atoms with E-state index in [1.165, 1.54) is 0 Å². The maximum atomic E-state index is 12.3. The molecule has 3 atom stereocenters. The van der Waals surface area contributed by atoms with Gasteiger partial charge in [-0.1, -0.05) is 18.2 Å². The average molecular weight is 394 g/mol. The molecule has 0 bridgehead atoms. The summed E-state index contributed by atoms with van der Waals surface area (Å²) in [5.74, 6) is 0.312. The molecular weight excluding hydrogens is 376 g/mol. The van der Waals surface area contributed by atoms with Gasteiger partial charge in [0.25, 0.3) is 5.56 Å². The van der Waals surface area contributed by atoms with Crippen molar-refractivity contribution in [2.75, 3.05) is 12.3 Å². The molecule has 0 aliphatic carbocycles. The Hall–Kier alpha value is -3.52. The Morgan fingerprint density at radius 3 is 2.76 bits per heavy atom. The highest BCUT2D eigenvalue weighted by atomic mass is 16.5. The summed E-state index contributed by atoms with van der Waals surface area (Å²) >= 11 is 0. The molecule has 1 aliphatic rings. The van der Waals surface area contributed by atoms with Gasteiger partial charge in [-0.3, -0.25) is 14.3 Å². The van der Waals surface area contributed by atoms with Crippen LogP contribution in [0.15, 0.2) is 29.1 Å². The number of imidazole rings is 1. The number of ether oxygens (including phenoxy) is 1. The quantitative estimate of drug-likeness (QED) is 0.493. The Kier molecular flexibility index (Phi) is 4.85. The molecule has 4 rings (SSSR count). The first kappa shape index (κ1) is 18.8. The van der Waals surface area contributed by atoms with Crippen molar-refractivity contribution in [2.45, 2.75) is 24.9 Å². The van der Waals surface area contributed by atoms with Crippen LogP contribution in [0.4, 0.5) is 5.95 Å². The third-order valence-electron chi connectivity index (χ3n) is 4.73. The number of benzene rings is 1. The van der Waals surface area contributed by atoms with Crippen LogP contribution >= 0.6 is 0 Å². The number of nitrogen functional groups attached to an aromatic ring is 1. The van der Waals surface area contributed by atoms with Crippen molar-refractivity contribution < 1.29 is 14.9 Å². The number of nitriles is 1. The third-order valence-corrected chi connectivity index (χ3v) is 4.73. The summed E-state index contributed by atoms with van der Waals surface area (Å²) in [5, 5.41) is 28.4. The van der Waals surface area contributed by atoms with Crippen LogP contribution in [-0.4, -0.2) is 48.5 Å². The second-order valence-electron chi connectivity index (χ2n) is 6.65. The lowest BCUT2D eigenvalue weighted by Gasteiger charge is -2.15. The van der Waals surface area contributed by atoms with Crippen LogP contribution in [0.2, 0.25) is 0 Å². The van der Waals surface area contributed by atoms with Crippen molar-refractivity contribution in [1.82, 2.24) is 19.5 Å². The summed E-state index contributed by atoms with van der Waals surface area (Å²) in [6.07, 6.45) is 1.36. The number of aromatic amines is 1. The van der Waals surface area contributed by atoms with E-state index in [4.69, 9.17) is 15.7 Å². The minimum Gasteiger partial charge on any atom is -0.394 e. The Morgan fingerprint density at radius 2 is 2.10 bits per heavy atom. The van der Waals surface area contributed by atoms with Crippen molar-refractivity contribution in [3.8, 4) is 6.07 Å². The molecule has 29 heavy (non-hydrogen) atoms. The molecule has 2 aromatic heterocycles. The van der Waals surface area contributed by atoms with Crippen molar-refractivity contribution in [3.63, 3.8) is 0 Å². The molecule has 1 fully saturated rings. The van der Waals surface area contributed by atoms with Crippen LogP contribution in [0.3, 0.4) is 0 Å². The van der Waals surface area contributed by atoms with E-state index in [0.29, 0.717) is 11.4 Å². The molecule has 0 spiro atoms. The van der Waals surface area contributed by atoms with E-state index in [-0.39, 0.29) is 30.1 Å². The number of rotatable bonds is 4. The number of aliphatic hydroxyl groups is 2. The molecule has 0 unspecified atom stereocenters. The van der Waals surface area contributed by atoms with Crippen molar-refractivity contribution in [1.29, 1.82) is 5.26 Å². The number of hydrogen-bond acceptors (Lipinski definition) is 8. The third kappa shape index (κ3) is 3.50. The van der Waals surface area contributed by atoms with Gasteiger partial charge >= 0.3 is 0 Å². The lowest BCUT2D eigenvalue weighted by molar-refractivity contribution is -0.0433. The zero-order valence-electron chi connectivity index (χ0n) is 15.2. The van der Waals surface area contributed by atoms with Gasteiger partial charge < -0.3 is 20.7 Å². The maximum absolute atomic E-state index is 12.3. The highest BCUT2D eigenvalue weighted by Crippen LogP contribution is 2.32. The van der Waals surface area contributed by atoms with Crippen LogP contribution in [0.1, 0.15) is 29.6 Å². The van der Waals surface area contributed by atoms with E-state index in [2.05, 4.69) is 21.0 Å². The zero-order valence-corrected chi connectivity index (χ0v) is 15.2. The van der Waals surface area contributed by atoms with Crippen LogP contribution in [0.5, 0.6) is 0 Å². The maximum Gasteiger partial charge on any atom is 0.280 e. The van der Waals surface area contributed by atoms with Crippen molar-refractivity contribution in [2.24, 2.45) is 0 Å². The number of fused-ring (bicyclic) bond motifs is 1. The molecule has 1 aromatic carbocycles. The molecule has 0 amide bonds. The molecule has 0 radical (unpaired) electrons. The molecule has 10 heteroatoms. The van der Waals surface area contributed by atoms with E-state index >= 15 is 0 Å². The summed E-state index contributed by atoms with van der Waals surface area (Å²) in [6, 6.07) is 9.00. The molecule has 0 saturated carbocycles. The Labute approximate surface area is 164 Å². The van der Waals surface area contributed by atoms with Crippen molar-refractivity contribution >= 4 is 29.3 Å². The normalized spacial score (nSPS) is 21.8. The number of nitrogens with one attached hydrogen (secondary N) is 1. The fraction of sp³-hybridized carbons (Fsp3) is 0.263. The summed E-state index contributed by atoms with van der Waals surface area (Å²) in [5.41, 5.74) is 6.88. The van der Waals surface area contributed by atoms with Crippen LogP contribution in [-0.2, 0) is 4.74 Å². The predicted octanol–water partition coefficient (Wildman–Crippen LogP) is 0.385. The number of hydrogen-bond donors (Lipinski definition) is 4. The summed E-state index contributed by atoms with van der Waals surface area (Å²) in [7, 11) is 0. The molecule has 10 nitrogen and oxygen atoms in total. The van der Waals surface area contributed by atoms with Gasteiger partial charge in [0, 0.05) is 6.42 Å². The van der Waals surface area contributed by atoms with Gasteiger partial charge in [-0.05, 0) is 23.8 Å². The first-order chi connectivity index (χ1) is 14.0. The van der Waals surface area contributed by atoms with Gasteiger partial charge in [0.05, 0.1) is 24.3 Å². The van der Waals surface area contributed by atoms with E-state index in [9.17, 15) is 15.0 Å². The van der Waals surface area contributed by atoms with Gasteiger partial charge in [0.15, 0.2) is 11.2 Å². The Balaban J connectivity index is 1.80. The second-order valence-corrected chi connectivity index (χ2v) is 6.65. The number of aliphatic hydroxyl groups excluding tert-OH is 2. The fourth-order valence-corrected chi connectivity index (χ4v) is 3.30. The Bertz CT molecular complexity index is 1170. The van der Waals surface area contributed by atoms with Crippen LogP contribution < -0.4 is 11.3 Å². The summed E-state index contributed by atoms with van der Waals surface area (Å²) in [6.45, 7) is -0.336. The first-order valence-electron chi connectivity index (χ1n) is 8.90. The molecule has 5 N–H and O–H groups in total. The molecule has 3 aromatic rings. The average Bonchev–Trinajstić information content (AvgIpc) is 3.26. The molecule has 148 valence electrons. The monoisotopic (exact) mass is 394 g/mol. The van der Waals surface area contributed by atoms with Gasteiger partial charge in [-0.25, -0.2) is 4.98 Å².